The van der Waals surface area contributed by atoms with E-state index in [9.17, 15) is 4.79 Å². The second kappa shape index (κ2) is 8.96. The first-order valence-corrected chi connectivity index (χ1v) is 11.8. The fourth-order valence-electron chi connectivity index (χ4n) is 5.24. The topological polar surface area (TPSA) is 136 Å². The number of nitrogens with one attached hydrogen (secondary N) is 3. The van der Waals surface area contributed by atoms with Gasteiger partial charge in [-0.1, -0.05) is 30.4 Å². The van der Waals surface area contributed by atoms with Crippen LogP contribution < -0.4 is 21.3 Å². The molecule has 35 heavy (non-hydrogen) atoms. The van der Waals surface area contributed by atoms with Gasteiger partial charge in [0.15, 0.2) is 0 Å². The van der Waals surface area contributed by atoms with Crippen molar-refractivity contribution in [3.63, 3.8) is 0 Å². The summed E-state index contributed by atoms with van der Waals surface area (Å²) in [5, 5.41) is 22.6. The van der Waals surface area contributed by atoms with E-state index in [-0.39, 0.29) is 11.8 Å². The molecule has 2 aromatic rings. The lowest BCUT2D eigenvalue weighted by atomic mass is 9.89. The summed E-state index contributed by atoms with van der Waals surface area (Å²) < 4.78 is 0. The fourth-order valence-corrected chi connectivity index (χ4v) is 5.24. The van der Waals surface area contributed by atoms with Crippen molar-refractivity contribution in [2.45, 2.75) is 6.92 Å². The average Bonchev–Trinajstić information content (AvgIpc) is 3.36. The van der Waals surface area contributed by atoms with Crippen LogP contribution in [0, 0.1) is 35.5 Å². The number of aromatic nitrogens is 1. The number of amides is 1. The monoisotopic (exact) mass is 468 g/mol. The minimum absolute atomic E-state index is 0.0334. The lowest BCUT2D eigenvalue weighted by Gasteiger charge is -2.21. The van der Waals surface area contributed by atoms with Crippen molar-refractivity contribution in [3.05, 3.63) is 83.2 Å². The normalized spacial score (nSPS) is 23.8. The minimum Gasteiger partial charge on any atom is -0.369 e. The van der Waals surface area contributed by atoms with Crippen LogP contribution in [-0.2, 0) is 4.79 Å². The molecule has 0 spiro atoms. The molecule has 1 aromatic heterocycles. The van der Waals surface area contributed by atoms with Gasteiger partial charge < -0.3 is 26.7 Å². The Hall–Kier alpha value is -4.04. The van der Waals surface area contributed by atoms with Crippen molar-refractivity contribution in [2.75, 3.05) is 30.4 Å². The molecule has 8 nitrogen and oxygen atoms in total. The maximum atomic E-state index is 11.4. The van der Waals surface area contributed by atoms with E-state index in [1.54, 1.807) is 12.3 Å². The second-order valence-corrected chi connectivity index (χ2v) is 9.33. The Morgan fingerprint density at radius 3 is 2.69 bits per heavy atom. The lowest BCUT2D eigenvalue weighted by Crippen LogP contribution is -2.73. The summed E-state index contributed by atoms with van der Waals surface area (Å²) in [7, 11) is 1.91. The molecule has 7 N–H and O–H groups in total. The SMILES string of the molecule is C[NH2+]/C=C1\C(=N)C=CC=C1C(=N)c1cccc(C)c1Nc1ccc(N2CC3C(C2)C3C(N)=O)nc1. The molecule has 2 heterocycles. The molecule has 1 saturated heterocycles. The van der Waals surface area contributed by atoms with E-state index >= 15 is 0 Å². The minimum atomic E-state index is -0.181. The van der Waals surface area contributed by atoms with Gasteiger partial charge in [-0.05, 0) is 42.5 Å². The van der Waals surface area contributed by atoms with Crippen molar-refractivity contribution in [2.24, 2.45) is 23.5 Å². The molecular formula is C27H30N7O+. The summed E-state index contributed by atoms with van der Waals surface area (Å²) in [6.45, 7) is 3.65. The zero-order valence-corrected chi connectivity index (χ0v) is 19.9. The number of carbonyl (C=O) groups excluding carboxylic acids is 1. The highest BCUT2D eigenvalue weighted by atomic mass is 16.1. The van der Waals surface area contributed by atoms with Gasteiger partial charge in [-0.15, -0.1) is 0 Å². The maximum absolute atomic E-state index is 11.4. The predicted octanol–water partition coefficient (Wildman–Crippen LogP) is 2.26. The number of rotatable bonds is 7. The number of primary amides is 1. The van der Waals surface area contributed by atoms with Crippen molar-refractivity contribution in [1.29, 1.82) is 10.8 Å². The van der Waals surface area contributed by atoms with Crippen molar-refractivity contribution >= 4 is 34.5 Å². The van der Waals surface area contributed by atoms with Crippen LogP contribution in [0.5, 0.6) is 0 Å². The van der Waals surface area contributed by atoms with Crippen molar-refractivity contribution < 1.29 is 10.1 Å². The molecule has 2 unspecified atom stereocenters. The van der Waals surface area contributed by atoms with Crippen LogP contribution in [0.3, 0.4) is 0 Å². The van der Waals surface area contributed by atoms with Gasteiger partial charge in [-0.2, -0.15) is 0 Å². The van der Waals surface area contributed by atoms with Gasteiger partial charge in [0.2, 0.25) is 5.91 Å². The summed E-state index contributed by atoms with van der Waals surface area (Å²) in [5.74, 6) is 1.47. The molecule has 1 aromatic carbocycles. The Labute approximate surface area is 204 Å². The molecular weight excluding hydrogens is 438 g/mol. The zero-order chi connectivity index (χ0) is 24.7. The largest absolute Gasteiger partial charge is 0.369 e. The smallest absolute Gasteiger partial charge is 0.221 e. The van der Waals surface area contributed by atoms with E-state index in [2.05, 4.69) is 15.2 Å². The lowest BCUT2D eigenvalue weighted by molar-refractivity contribution is -0.556. The van der Waals surface area contributed by atoms with E-state index in [0.29, 0.717) is 23.3 Å². The van der Waals surface area contributed by atoms with Crippen LogP contribution in [0.4, 0.5) is 17.2 Å². The van der Waals surface area contributed by atoms with Crippen LogP contribution in [-0.4, -0.2) is 42.5 Å². The number of aryl methyl sites for hydroxylation is 1. The molecule has 3 aliphatic rings. The third-order valence-corrected chi connectivity index (χ3v) is 7.11. The Kier molecular flexibility index (Phi) is 5.82. The molecule has 2 fully saturated rings. The zero-order valence-electron chi connectivity index (χ0n) is 19.9. The Morgan fingerprint density at radius 1 is 1.26 bits per heavy atom. The molecule has 0 radical (unpaired) electrons. The first-order valence-electron chi connectivity index (χ1n) is 11.8. The number of para-hydroxylation sites is 1. The fraction of sp³-hybridized carbons (Fsp3) is 0.259. The highest BCUT2D eigenvalue weighted by molar-refractivity contribution is 6.25. The Morgan fingerprint density at radius 2 is 2.03 bits per heavy atom. The molecule has 5 rings (SSSR count). The van der Waals surface area contributed by atoms with Crippen LogP contribution in [0.2, 0.25) is 0 Å². The quantitative estimate of drug-likeness (QED) is 0.398. The van der Waals surface area contributed by atoms with E-state index < -0.39 is 0 Å². The van der Waals surface area contributed by atoms with E-state index in [1.165, 1.54) is 0 Å². The molecule has 1 saturated carbocycles. The number of allylic oxidation sites excluding steroid dienone is 5. The number of hydrogen-bond donors (Lipinski definition) is 5. The summed E-state index contributed by atoms with van der Waals surface area (Å²) in [6.07, 6.45) is 9.14. The molecule has 0 bridgehead atoms. The number of hydrogen-bond acceptors (Lipinski definition) is 6. The summed E-state index contributed by atoms with van der Waals surface area (Å²) in [5.41, 5.74) is 11.2. The summed E-state index contributed by atoms with van der Waals surface area (Å²) in [6, 6.07) is 9.88. The second-order valence-electron chi connectivity index (χ2n) is 9.33. The van der Waals surface area contributed by atoms with Gasteiger partial charge >= 0.3 is 0 Å². The standard InChI is InChI=1S/C27H29N7O/c1-15-5-3-7-18(25(29)17-6-4-8-22(28)19(17)12-31-2)26(15)33-16-9-10-23(32-11-16)34-13-20-21(14-34)24(20)27(30)35/h3-12,20-21,24,28-29,31,33H,13-14H2,1-2H3,(H2,30,35)/p+1/b19-12-,28-22?,29-25?. The molecule has 1 amide bonds. The van der Waals surface area contributed by atoms with Gasteiger partial charge in [0.05, 0.1) is 41.6 Å². The number of quaternary nitrogens is 1. The third-order valence-electron chi connectivity index (χ3n) is 7.11. The van der Waals surface area contributed by atoms with Crippen LogP contribution in [0.15, 0.2) is 72.1 Å². The van der Waals surface area contributed by atoms with E-state index in [4.69, 9.17) is 16.6 Å². The number of benzene rings is 1. The molecule has 178 valence electrons. The molecule has 1 aliphatic heterocycles. The molecule has 8 heteroatoms. The van der Waals surface area contributed by atoms with Gasteiger partial charge in [0.25, 0.3) is 0 Å². The first kappa shape index (κ1) is 22.7. The third kappa shape index (κ3) is 4.17. The van der Waals surface area contributed by atoms with Crippen LogP contribution >= 0.6 is 0 Å². The Bertz CT molecular complexity index is 1290. The van der Waals surface area contributed by atoms with Gasteiger partial charge in [-0.25, -0.2) is 4.98 Å². The van der Waals surface area contributed by atoms with Gasteiger partial charge in [-0.3, -0.25) is 10.2 Å². The van der Waals surface area contributed by atoms with Crippen molar-refractivity contribution in [1.82, 2.24) is 4.98 Å². The predicted molar refractivity (Wildman–Crippen MR) is 138 cm³/mol. The van der Waals surface area contributed by atoms with Crippen molar-refractivity contribution in [3.8, 4) is 0 Å². The van der Waals surface area contributed by atoms with Gasteiger partial charge in [0.1, 0.15) is 12.0 Å². The highest BCUT2D eigenvalue weighted by Crippen LogP contribution is 2.52. The summed E-state index contributed by atoms with van der Waals surface area (Å²) in [4.78, 5) is 18.3. The number of fused-ring (bicyclic) bond motifs is 1. The van der Waals surface area contributed by atoms with E-state index in [1.807, 2.05) is 68.0 Å². The number of pyridine rings is 1. The Balaban J connectivity index is 1.36. The average molecular weight is 469 g/mol. The number of nitrogens with zero attached hydrogens (tertiary/aromatic N) is 2. The maximum Gasteiger partial charge on any atom is 0.221 e. The van der Waals surface area contributed by atoms with Crippen LogP contribution in [0.25, 0.3) is 0 Å². The number of carbonyl (C=O) groups is 1. The molecule has 2 atom stereocenters. The number of piperidine rings is 1. The molecule has 2 aliphatic carbocycles. The number of anilines is 3. The summed E-state index contributed by atoms with van der Waals surface area (Å²) >= 11 is 0. The number of nitrogens with two attached hydrogens (primary N) is 2. The highest BCUT2D eigenvalue weighted by Gasteiger charge is 2.58. The van der Waals surface area contributed by atoms with E-state index in [0.717, 1.165) is 52.6 Å². The first-order chi connectivity index (χ1) is 16.9. The van der Waals surface area contributed by atoms with Crippen LogP contribution in [0.1, 0.15) is 11.1 Å². The van der Waals surface area contributed by atoms with Gasteiger partial charge in [0, 0.05) is 30.1 Å².